The molecule has 1 aliphatic carbocycles. The van der Waals surface area contributed by atoms with Gasteiger partial charge < -0.3 is 9.94 Å². The summed E-state index contributed by atoms with van der Waals surface area (Å²) in [5.74, 6) is 3.46. The summed E-state index contributed by atoms with van der Waals surface area (Å²) >= 11 is 1.97. The zero-order chi connectivity index (χ0) is 15.9. The predicted octanol–water partition coefficient (Wildman–Crippen LogP) is 4.11. The Bertz CT molecular complexity index is 453. The average Bonchev–Trinajstić information content (AvgIpc) is 2.52. The first-order chi connectivity index (χ1) is 10.7. The Morgan fingerprint density at radius 2 is 2.18 bits per heavy atom. The van der Waals surface area contributed by atoms with Crippen LogP contribution in [0.2, 0.25) is 0 Å². The molecule has 2 aliphatic rings. The molecule has 1 heterocycles. The van der Waals surface area contributed by atoms with Crippen LogP contribution < -0.4 is 0 Å². The third-order valence-corrected chi connectivity index (χ3v) is 5.65. The summed E-state index contributed by atoms with van der Waals surface area (Å²) in [6.45, 7) is 4.37. The van der Waals surface area contributed by atoms with Crippen LogP contribution in [-0.2, 0) is 9.63 Å². The Balaban J connectivity index is 2.15. The van der Waals surface area contributed by atoms with Crippen LogP contribution in [0.4, 0.5) is 0 Å². The fraction of sp³-hybridized carbons (Fsp3) is 0.765. The summed E-state index contributed by atoms with van der Waals surface area (Å²) in [4.78, 5) is 17.7. The molecule has 0 spiro atoms. The number of thioether (sulfide) groups is 1. The second kappa shape index (κ2) is 8.61. The van der Waals surface area contributed by atoms with Gasteiger partial charge in [-0.05, 0) is 49.5 Å². The number of carbonyl (C=O) groups is 1. The fourth-order valence-corrected chi connectivity index (χ4v) is 4.60. The minimum Gasteiger partial charge on any atom is -0.511 e. The van der Waals surface area contributed by atoms with Crippen molar-refractivity contribution in [3.8, 4) is 0 Å². The van der Waals surface area contributed by atoms with Gasteiger partial charge in [-0.15, -0.1) is 0 Å². The van der Waals surface area contributed by atoms with Crippen molar-refractivity contribution < 1.29 is 14.7 Å². The molecule has 0 aromatic rings. The zero-order valence-corrected chi connectivity index (χ0v) is 14.5. The van der Waals surface area contributed by atoms with E-state index in [1.54, 1.807) is 0 Å². The van der Waals surface area contributed by atoms with E-state index in [1.807, 2.05) is 25.6 Å². The molecule has 0 aromatic heterocycles. The van der Waals surface area contributed by atoms with Crippen LogP contribution >= 0.6 is 11.8 Å². The maximum absolute atomic E-state index is 12.6. The molecule has 124 valence electrons. The number of aliphatic hydroxyl groups excluding tert-OH is 1. The smallest absolute Gasteiger partial charge is 0.168 e. The Morgan fingerprint density at radius 1 is 1.36 bits per heavy atom. The van der Waals surface area contributed by atoms with E-state index in [2.05, 4.69) is 5.16 Å². The summed E-state index contributed by atoms with van der Waals surface area (Å²) in [6.07, 6.45) is 5.10. The third kappa shape index (κ3) is 4.28. The summed E-state index contributed by atoms with van der Waals surface area (Å²) < 4.78 is 0. The van der Waals surface area contributed by atoms with Crippen LogP contribution in [-0.4, -0.2) is 34.7 Å². The molecule has 0 aromatic carbocycles. The van der Waals surface area contributed by atoms with Gasteiger partial charge in [0.2, 0.25) is 0 Å². The minimum atomic E-state index is 0.0382. The molecule has 1 aliphatic heterocycles. The molecule has 1 fully saturated rings. The molecule has 0 radical (unpaired) electrons. The van der Waals surface area contributed by atoms with E-state index in [1.165, 1.54) is 18.6 Å². The van der Waals surface area contributed by atoms with Crippen LogP contribution in [0.15, 0.2) is 16.5 Å². The Labute approximate surface area is 137 Å². The first kappa shape index (κ1) is 17.4. The fourth-order valence-electron chi connectivity index (χ4n) is 3.32. The molecule has 22 heavy (non-hydrogen) atoms. The number of ketones is 1. The van der Waals surface area contributed by atoms with Gasteiger partial charge in [0, 0.05) is 12.8 Å². The Kier molecular flexibility index (Phi) is 6.80. The van der Waals surface area contributed by atoms with Crippen molar-refractivity contribution in [1.82, 2.24) is 0 Å². The normalized spacial score (nSPS) is 27.2. The molecule has 4 nitrogen and oxygen atoms in total. The van der Waals surface area contributed by atoms with E-state index in [-0.39, 0.29) is 11.5 Å². The van der Waals surface area contributed by atoms with Gasteiger partial charge in [0.25, 0.3) is 0 Å². The second-order valence-electron chi connectivity index (χ2n) is 6.10. The number of nitrogens with zero attached hydrogens (tertiary/aromatic N) is 1. The average molecular weight is 325 g/mol. The molecule has 1 N–H and O–H groups in total. The predicted molar refractivity (Wildman–Crippen MR) is 91.4 cm³/mol. The lowest BCUT2D eigenvalue weighted by Crippen LogP contribution is -2.30. The zero-order valence-electron chi connectivity index (χ0n) is 13.6. The molecule has 1 saturated heterocycles. The van der Waals surface area contributed by atoms with E-state index >= 15 is 0 Å². The number of hydrogen-bond acceptors (Lipinski definition) is 5. The largest absolute Gasteiger partial charge is 0.511 e. The van der Waals surface area contributed by atoms with E-state index in [4.69, 9.17) is 4.84 Å². The summed E-state index contributed by atoms with van der Waals surface area (Å²) in [7, 11) is 0. The molecule has 2 rings (SSSR count). The molecule has 0 saturated carbocycles. The quantitative estimate of drug-likeness (QED) is 0.589. The Morgan fingerprint density at radius 3 is 2.77 bits per heavy atom. The maximum Gasteiger partial charge on any atom is 0.168 e. The number of carbonyl (C=O) groups excluding carboxylic acids is 1. The summed E-state index contributed by atoms with van der Waals surface area (Å²) in [6, 6.07) is 0. The van der Waals surface area contributed by atoms with Gasteiger partial charge in [-0.1, -0.05) is 18.5 Å². The molecule has 5 heteroatoms. The van der Waals surface area contributed by atoms with Gasteiger partial charge in [-0.25, -0.2) is 0 Å². The molecule has 0 unspecified atom stereocenters. The third-order valence-electron chi connectivity index (χ3n) is 4.41. The van der Waals surface area contributed by atoms with Gasteiger partial charge in [-0.2, -0.15) is 11.8 Å². The van der Waals surface area contributed by atoms with Crippen LogP contribution in [0.25, 0.3) is 0 Å². The van der Waals surface area contributed by atoms with Crippen molar-refractivity contribution in [3.63, 3.8) is 0 Å². The van der Waals surface area contributed by atoms with Crippen molar-refractivity contribution in [2.75, 3.05) is 18.1 Å². The topological polar surface area (TPSA) is 58.9 Å². The monoisotopic (exact) mass is 325 g/mol. The first-order valence-corrected chi connectivity index (χ1v) is 9.55. The van der Waals surface area contributed by atoms with E-state index in [9.17, 15) is 9.90 Å². The van der Waals surface area contributed by atoms with Crippen LogP contribution in [0.3, 0.4) is 0 Å². The van der Waals surface area contributed by atoms with Crippen molar-refractivity contribution in [3.05, 3.63) is 11.3 Å². The van der Waals surface area contributed by atoms with Gasteiger partial charge in [0.1, 0.15) is 12.4 Å². The number of allylic oxidation sites excluding steroid dienone is 2. The highest BCUT2D eigenvalue weighted by Gasteiger charge is 2.35. The highest BCUT2D eigenvalue weighted by atomic mass is 32.2. The number of Topliss-reactive ketones (excluding diaryl/α,β-unsaturated/α-hetero) is 1. The second-order valence-corrected chi connectivity index (χ2v) is 7.25. The lowest BCUT2D eigenvalue weighted by Gasteiger charge is -2.32. The van der Waals surface area contributed by atoms with Crippen molar-refractivity contribution in [2.45, 2.75) is 52.4 Å². The van der Waals surface area contributed by atoms with Gasteiger partial charge in [0.05, 0.1) is 11.3 Å². The molecule has 0 bridgehead atoms. The minimum absolute atomic E-state index is 0.0382. The SMILES string of the molecule is CCCC(=NOCC)C1=C(O)C[C@H]([C@@H]2CCCSC2)CC1=O. The highest BCUT2D eigenvalue weighted by molar-refractivity contribution is 7.99. The lowest BCUT2D eigenvalue weighted by atomic mass is 9.76. The maximum atomic E-state index is 12.6. The van der Waals surface area contributed by atoms with E-state index < -0.39 is 0 Å². The lowest BCUT2D eigenvalue weighted by molar-refractivity contribution is -0.117. The van der Waals surface area contributed by atoms with E-state index in [0.29, 0.717) is 49.0 Å². The standard InChI is InChI=1S/C17H27NO3S/c1-3-6-14(18-21-4-2)17-15(19)9-13(10-16(17)20)12-7-5-8-22-11-12/h12-13,19H,3-11H2,1-2H3/t12-,13+/m1/s1. The van der Waals surface area contributed by atoms with Gasteiger partial charge >= 0.3 is 0 Å². The Hall–Kier alpha value is -0.970. The number of oxime groups is 1. The molecular formula is C17H27NO3S. The van der Waals surface area contributed by atoms with Gasteiger partial charge in [0.15, 0.2) is 5.78 Å². The number of aliphatic hydroxyl groups is 1. The van der Waals surface area contributed by atoms with Crippen molar-refractivity contribution in [2.24, 2.45) is 17.0 Å². The molecular weight excluding hydrogens is 298 g/mol. The number of hydrogen-bond donors (Lipinski definition) is 1. The summed E-state index contributed by atoms with van der Waals surface area (Å²) in [5.41, 5.74) is 1.04. The molecule has 0 amide bonds. The van der Waals surface area contributed by atoms with Crippen LogP contribution in [0.5, 0.6) is 0 Å². The van der Waals surface area contributed by atoms with Crippen molar-refractivity contribution in [1.29, 1.82) is 0 Å². The van der Waals surface area contributed by atoms with E-state index in [0.717, 1.165) is 12.2 Å². The first-order valence-electron chi connectivity index (χ1n) is 8.39. The summed E-state index contributed by atoms with van der Waals surface area (Å²) in [5, 5.41) is 14.5. The van der Waals surface area contributed by atoms with Gasteiger partial charge in [-0.3, -0.25) is 4.79 Å². The van der Waals surface area contributed by atoms with Crippen molar-refractivity contribution >= 4 is 23.3 Å². The number of rotatable bonds is 6. The van der Waals surface area contributed by atoms with Crippen LogP contribution in [0.1, 0.15) is 52.4 Å². The molecule has 2 atom stereocenters. The highest BCUT2D eigenvalue weighted by Crippen LogP contribution is 2.38. The van der Waals surface area contributed by atoms with Crippen LogP contribution in [0, 0.1) is 11.8 Å².